The molecule has 65 valence electrons. The van der Waals surface area contributed by atoms with Crippen LogP contribution in [0.5, 0.6) is 0 Å². The third-order valence-corrected chi connectivity index (χ3v) is 1.49. The molecule has 11 heavy (non-hydrogen) atoms. The van der Waals surface area contributed by atoms with Gasteiger partial charge >= 0.3 is 0 Å². The molecular formula is C10H19O. The molecule has 0 atom stereocenters. The molecule has 0 aliphatic carbocycles. The van der Waals surface area contributed by atoms with Crippen molar-refractivity contribution in [3.63, 3.8) is 0 Å². The van der Waals surface area contributed by atoms with Crippen molar-refractivity contribution >= 4 is 0 Å². The molecule has 0 bridgehead atoms. The van der Waals surface area contributed by atoms with Crippen LogP contribution in [-0.2, 0) is 4.74 Å². The second-order valence-corrected chi connectivity index (χ2v) is 2.60. The van der Waals surface area contributed by atoms with Crippen LogP contribution >= 0.6 is 0 Å². The summed E-state index contributed by atoms with van der Waals surface area (Å²) in [4.78, 5) is 0. The normalized spacial score (nSPS) is 10.7. The zero-order valence-electron chi connectivity index (χ0n) is 7.68. The highest BCUT2D eigenvalue weighted by molar-refractivity contribution is 4.65. The van der Waals surface area contributed by atoms with E-state index in [1.807, 2.05) is 13.0 Å². The SMILES string of the molecule is C[CH]CCCCCOC=CC. The Balaban J connectivity index is 2.79. The van der Waals surface area contributed by atoms with Crippen LogP contribution in [0.25, 0.3) is 0 Å². The second-order valence-electron chi connectivity index (χ2n) is 2.60. The Kier molecular flexibility index (Phi) is 9.14. The van der Waals surface area contributed by atoms with Crippen LogP contribution in [0.4, 0.5) is 0 Å². The summed E-state index contributed by atoms with van der Waals surface area (Å²) >= 11 is 0. The maximum atomic E-state index is 5.17. The summed E-state index contributed by atoms with van der Waals surface area (Å²) in [6.07, 6.45) is 10.9. The van der Waals surface area contributed by atoms with Gasteiger partial charge in [-0.2, -0.15) is 0 Å². The molecule has 0 unspecified atom stereocenters. The second kappa shape index (κ2) is 9.54. The van der Waals surface area contributed by atoms with E-state index < -0.39 is 0 Å². The van der Waals surface area contributed by atoms with Crippen LogP contribution in [0.15, 0.2) is 12.3 Å². The van der Waals surface area contributed by atoms with Gasteiger partial charge in [0.1, 0.15) is 0 Å². The Morgan fingerprint density at radius 2 is 1.91 bits per heavy atom. The molecule has 0 amide bonds. The minimum Gasteiger partial charge on any atom is -0.502 e. The van der Waals surface area contributed by atoms with Crippen molar-refractivity contribution in [2.24, 2.45) is 0 Å². The van der Waals surface area contributed by atoms with Crippen molar-refractivity contribution in [2.45, 2.75) is 39.5 Å². The van der Waals surface area contributed by atoms with Crippen LogP contribution in [-0.4, -0.2) is 6.61 Å². The molecule has 0 spiro atoms. The highest BCUT2D eigenvalue weighted by Crippen LogP contribution is 2.01. The first kappa shape index (κ1) is 10.5. The summed E-state index contributed by atoms with van der Waals surface area (Å²) < 4.78 is 5.17. The van der Waals surface area contributed by atoms with Gasteiger partial charge in [0.2, 0.25) is 0 Å². The van der Waals surface area contributed by atoms with Crippen molar-refractivity contribution in [2.75, 3.05) is 6.61 Å². The largest absolute Gasteiger partial charge is 0.502 e. The lowest BCUT2D eigenvalue weighted by atomic mass is 10.2. The number of allylic oxidation sites excluding steroid dienone is 1. The standard InChI is InChI=1S/C10H19O/c1-3-5-6-7-8-10-11-9-4-2/h3-4,9H,5-8,10H2,1-2H3. The average molecular weight is 155 g/mol. The van der Waals surface area contributed by atoms with E-state index in [0.29, 0.717) is 0 Å². The molecule has 0 fully saturated rings. The molecule has 1 nitrogen and oxygen atoms in total. The summed E-state index contributed by atoms with van der Waals surface area (Å²) in [5.41, 5.74) is 0. The molecular weight excluding hydrogens is 136 g/mol. The summed E-state index contributed by atoms with van der Waals surface area (Å²) in [5, 5.41) is 0. The molecule has 0 aromatic heterocycles. The van der Waals surface area contributed by atoms with Crippen molar-refractivity contribution in [1.29, 1.82) is 0 Å². The predicted molar refractivity (Wildman–Crippen MR) is 49.2 cm³/mol. The predicted octanol–water partition coefficient (Wildman–Crippen LogP) is 3.32. The Morgan fingerprint density at radius 1 is 1.09 bits per heavy atom. The van der Waals surface area contributed by atoms with E-state index in [0.717, 1.165) is 6.61 Å². The van der Waals surface area contributed by atoms with Crippen LogP contribution in [0.2, 0.25) is 0 Å². The Bertz CT molecular complexity index is 86.9. The molecule has 0 aliphatic heterocycles. The van der Waals surface area contributed by atoms with Crippen molar-refractivity contribution < 1.29 is 4.74 Å². The highest BCUT2D eigenvalue weighted by atomic mass is 16.5. The number of ether oxygens (including phenoxy) is 1. The topological polar surface area (TPSA) is 9.23 Å². The van der Waals surface area contributed by atoms with E-state index in [-0.39, 0.29) is 0 Å². The molecule has 1 radical (unpaired) electrons. The fourth-order valence-electron chi connectivity index (χ4n) is 0.875. The van der Waals surface area contributed by atoms with E-state index in [4.69, 9.17) is 4.74 Å². The third kappa shape index (κ3) is 9.54. The van der Waals surface area contributed by atoms with Crippen LogP contribution in [0, 0.1) is 6.42 Å². The molecule has 0 saturated heterocycles. The molecule has 0 saturated carbocycles. The van der Waals surface area contributed by atoms with Crippen LogP contribution in [0.3, 0.4) is 0 Å². The summed E-state index contributed by atoms with van der Waals surface area (Å²) in [7, 11) is 0. The van der Waals surface area contributed by atoms with Gasteiger partial charge in [-0.05, 0) is 19.8 Å². The lowest BCUT2D eigenvalue weighted by Crippen LogP contribution is -1.87. The van der Waals surface area contributed by atoms with E-state index in [1.165, 1.54) is 25.7 Å². The van der Waals surface area contributed by atoms with Gasteiger partial charge in [0.25, 0.3) is 0 Å². The molecule has 0 aromatic rings. The van der Waals surface area contributed by atoms with Crippen molar-refractivity contribution in [3.8, 4) is 0 Å². The van der Waals surface area contributed by atoms with Crippen molar-refractivity contribution in [1.82, 2.24) is 0 Å². The van der Waals surface area contributed by atoms with E-state index in [9.17, 15) is 0 Å². The van der Waals surface area contributed by atoms with Crippen molar-refractivity contribution in [3.05, 3.63) is 18.8 Å². The maximum absolute atomic E-state index is 5.17. The van der Waals surface area contributed by atoms with Gasteiger partial charge in [-0.15, -0.1) is 0 Å². The Morgan fingerprint density at radius 3 is 2.55 bits per heavy atom. The molecule has 0 heterocycles. The molecule has 0 aliphatic rings. The van der Waals surface area contributed by atoms with E-state index in [1.54, 1.807) is 6.26 Å². The number of hydrogen-bond acceptors (Lipinski definition) is 1. The summed E-state index contributed by atoms with van der Waals surface area (Å²) in [5.74, 6) is 0. The minimum atomic E-state index is 0.869. The summed E-state index contributed by atoms with van der Waals surface area (Å²) in [6, 6.07) is 0. The lowest BCUT2D eigenvalue weighted by Gasteiger charge is -1.99. The summed E-state index contributed by atoms with van der Waals surface area (Å²) in [6.45, 7) is 4.94. The van der Waals surface area contributed by atoms with Gasteiger partial charge in [-0.3, -0.25) is 0 Å². The average Bonchev–Trinajstić information content (AvgIpc) is 2.03. The van der Waals surface area contributed by atoms with Gasteiger partial charge in [-0.1, -0.05) is 32.3 Å². The smallest absolute Gasteiger partial charge is 0.0873 e. The van der Waals surface area contributed by atoms with Crippen LogP contribution in [0.1, 0.15) is 39.5 Å². The number of rotatable bonds is 7. The van der Waals surface area contributed by atoms with Gasteiger partial charge in [0.05, 0.1) is 12.9 Å². The quantitative estimate of drug-likeness (QED) is 0.405. The van der Waals surface area contributed by atoms with Gasteiger partial charge in [-0.25, -0.2) is 0 Å². The Hall–Kier alpha value is -0.460. The minimum absolute atomic E-state index is 0.869. The van der Waals surface area contributed by atoms with Gasteiger partial charge < -0.3 is 4.74 Å². The molecule has 0 N–H and O–H groups in total. The zero-order chi connectivity index (χ0) is 8.36. The highest BCUT2D eigenvalue weighted by Gasteiger charge is 1.87. The first-order valence-corrected chi connectivity index (χ1v) is 4.42. The van der Waals surface area contributed by atoms with Gasteiger partial charge in [0.15, 0.2) is 0 Å². The van der Waals surface area contributed by atoms with E-state index in [2.05, 4.69) is 13.3 Å². The maximum Gasteiger partial charge on any atom is 0.0873 e. The zero-order valence-corrected chi connectivity index (χ0v) is 7.68. The number of hydrogen-bond donors (Lipinski definition) is 0. The first-order valence-electron chi connectivity index (χ1n) is 4.42. The molecule has 0 rings (SSSR count). The monoisotopic (exact) mass is 155 g/mol. The first-order chi connectivity index (χ1) is 5.41. The molecule has 1 heteroatoms. The van der Waals surface area contributed by atoms with Gasteiger partial charge in [0, 0.05) is 0 Å². The van der Waals surface area contributed by atoms with Crippen LogP contribution < -0.4 is 0 Å². The molecule has 0 aromatic carbocycles. The third-order valence-electron chi connectivity index (χ3n) is 1.49. The number of unbranched alkanes of at least 4 members (excludes halogenated alkanes) is 4. The Labute approximate surface area is 70.4 Å². The van der Waals surface area contributed by atoms with E-state index >= 15 is 0 Å². The lowest BCUT2D eigenvalue weighted by molar-refractivity contribution is 0.240. The fourth-order valence-corrected chi connectivity index (χ4v) is 0.875. The fraction of sp³-hybridized carbons (Fsp3) is 0.700.